The zero-order chi connectivity index (χ0) is 14.5. The summed E-state index contributed by atoms with van der Waals surface area (Å²) in [7, 11) is -1.89. The van der Waals surface area contributed by atoms with E-state index in [9.17, 15) is 0 Å². The maximum absolute atomic E-state index is 6.45. The third kappa shape index (κ3) is 2.64. The molecule has 2 radical (unpaired) electrons. The SMILES string of the molecule is Cl[B-][P+](c1ccccc1)(c1ccccc1)c1ccccc1. The summed E-state index contributed by atoms with van der Waals surface area (Å²) >= 11 is 6.45. The van der Waals surface area contributed by atoms with E-state index in [0.717, 1.165) is 0 Å². The van der Waals surface area contributed by atoms with Crippen molar-refractivity contribution < 1.29 is 0 Å². The van der Waals surface area contributed by atoms with Crippen LogP contribution < -0.4 is 15.9 Å². The molecule has 0 N–H and O–H groups in total. The van der Waals surface area contributed by atoms with Gasteiger partial charge in [0.25, 0.3) is 0 Å². The monoisotopic (exact) mass is 308 g/mol. The lowest BCUT2D eigenvalue weighted by Gasteiger charge is -2.36. The van der Waals surface area contributed by atoms with E-state index < -0.39 is 7.14 Å². The van der Waals surface area contributed by atoms with Gasteiger partial charge in [0.05, 0.1) is 22.3 Å². The van der Waals surface area contributed by atoms with Gasteiger partial charge >= 0.3 is 0 Å². The molecule has 0 saturated carbocycles. The van der Waals surface area contributed by atoms with E-state index in [2.05, 4.69) is 72.8 Å². The van der Waals surface area contributed by atoms with E-state index in [0.29, 0.717) is 0 Å². The average Bonchev–Trinajstić information content (AvgIpc) is 2.59. The fourth-order valence-corrected chi connectivity index (χ4v) is 6.78. The highest BCUT2D eigenvalue weighted by molar-refractivity contribution is 8.20. The number of halogens is 1. The van der Waals surface area contributed by atoms with Crippen LogP contribution >= 0.6 is 18.6 Å². The van der Waals surface area contributed by atoms with Crippen LogP contribution in [0.2, 0.25) is 0 Å². The van der Waals surface area contributed by atoms with Crippen molar-refractivity contribution in [2.24, 2.45) is 0 Å². The van der Waals surface area contributed by atoms with Crippen molar-refractivity contribution in [2.45, 2.75) is 0 Å². The van der Waals surface area contributed by atoms with Gasteiger partial charge in [-0.1, -0.05) is 61.7 Å². The highest BCUT2D eigenvalue weighted by atomic mass is 35.5. The van der Waals surface area contributed by atoms with Gasteiger partial charge in [0.15, 0.2) is 0 Å². The van der Waals surface area contributed by atoms with Gasteiger partial charge < -0.3 is 11.5 Å². The Bertz CT molecular complexity index is 590. The maximum Gasteiger partial charge on any atom is 0.0573 e. The molecule has 3 aromatic carbocycles. The molecule has 3 rings (SSSR count). The van der Waals surface area contributed by atoms with Crippen molar-refractivity contribution in [3.8, 4) is 0 Å². The van der Waals surface area contributed by atoms with Crippen molar-refractivity contribution in [1.82, 2.24) is 0 Å². The molecule has 0 heterocycles. The molecule has 3 heteroatoms. The molecular weight excluding hydrogens is 293 g/mol. The molecule has 102 valence electrons. The average molecular weight is 309 g/mol. The predicted molar refractivity (Wildman–Crippen MR) is 96.8 cm³/mol. The van der Waals surface area contributed by atoms with Gasteiger partial charge in [-0.25, -0.2) is 0 Å². The predicted octanol–water partition coefficient (Wildman–Crippen LogP) is 3.75. The first kappa shape index (κ1) is 14.4. The van der Waals surface area contributed by atoms with Crippen LogP contribution in [0.3, 0.4) is 0 Å². The summed E-state index contributed by atoms with van der Waals surface area (Å²) in [6.07, 6.45) is 1.88. The van der Waals surface area contributed by atoms with Crippen LogP contribution in [0.1, 0.15) is 0 Å². The zero-order valence-corrected chi connectivity index (χ0v) is 13.2. The molecule has 3 aromatic rings. The molecule has 0 amide bonds. The number of hydrogen-bond acceptors (Lipinski definition) is 0. The van der Waals surface area contributed by atoms with Gasteiger partial charge in [-0.3, -0.25) is 0 Å². The molecular formula is C18H15BClP. The summed E-state index contributed by atoms with van der Waals surface area (Å²) in [6.45, 7) is 0. The van der Waals surface area contributed by atoms with E-state index in [4.69, 9.17) is 11.5 Å². The smallest absolute Gasteiger partial charge is 0.0573 e. The third-order valence-corrected chi connectivity index (χ3v) is 8.15. The van der Waals surface area contributed by atoms with E-state index in [1.54, 1.807) is 0 Å². The van der Waals surface area contributed by atoms with Gasteiger partial charge in [0, 0.05) is 0 Å². The summed E-state index contributed by atoms with van der Waals surface area (Å²) in [6, 6.07) is 31.7. The molecule has 0 aromatic heterocycles. The molecule has 0 aliphatic carbocycles. The summed E-state index contributed by atoms with van der Waals surface area (Å²) in [4.78, 5) is 0. The van der Waals surface area contributed by atoms with Gasteiger partial charge in [0.2, 0.25) is 0 Å². The Labute approximate surface area is 132 Å². The topological polar surface area (TPSA) is 0 Å². The van der Waals surface area contributed by atoms with Gasteiger partial charge in [-0.2, -0.15) is 0 Å². The summed E-state index contributed by atoms with van der Waals surface area (Å²) in [5.41, 5.74) is 0. The standard InChI is InChI=1S/C18H15BClP/c20-19-21(16-10-4-1-5-11-16,17-12-6-2-7-13-17)18-14-8-3-9-15-18/h1-15H. The molecule has 0 nitrogen and oxygen atoms in total. The van der Waals surface area contributed by atoms with Crippen molar-refractivity contribution in [3.05, 3.63) is 91.0 Å². The van der Waals surface area contributed by atoms with Crippen LogP contribution in [-0.4, -0.2) is 6.41 Å². The second kappa shape index (κ2) is 6.47. The molecule has 0 aliphatic rings. The van der Waals surface area contributed by atoms with Crippen LogP contribution in [0.4, 0.5) is 0 Å². The summed E-state index contributed by atoms with van der Waals surface area (Å²) in [5.74, 6) is 0. The van der Waals surface area contributed by atoms with Gasteiger partial charge in [-0.05, 0) is 36.4 Å². The largest absolute Gasteiger partial charge is 0.412 e. The highest BCUT2D eigenvalue weighted by Crippen LogP contribution is 2.54. The van der Waals surface area contributed by atoms with Gasteiger partial charge in [-0.15, -0.1) is 0 Å². The minimum Gasteiger partial charge on any atom is -0.412 e. The normalized spacial score (nSPS) is 11.3. The summed E-state index contributed by atoms with van der Waals surface area (Å²) < 4.78 is 0. The summed E-state index contributed by atoms with van der Waals surface area (Å²) in [5, 5.41) is 3.83. The van der Waals surface area contributed by atoms with Crippen LogP contribution in [0.15, 0.2) is 91.0 Å². The molecule has 0 unspecified atom stereocenters. The lowest BCUT2D eigenvalue weighted by molar-refractivity contribution is 1.73. The van der Waals surface area contributed by atoms with Crippen LogP contribution in [0.25, 0.3) is 0 Å². The Balaban J connectivity index is 2.29. The van der Waals surface area contributed by atoms with Crippen molar-refractivity contribution in [2.75, 3.05) is 0 Å². The number of benzene rings is 3. The molecule has 21 heavy (non-hydrogen) atoms. The number of hydrogen-bond donors (Lipinski definition) is 0. The van der Waals surface area contributed by atoms with E-state index in [1.807, 2.05) is 24.6 Å². The van der Waals surface area contributed by atoms with Crippen LogP contribution in [0, 0.1) is 0 Å². The minimum absolute atomic E-state index is 1.28. The first-order valence-corrected chi connectivity index (χ1v) is 9.17. The van der Waals surface area contributed by atoms with E-state index in [-0.39, 0.29) is 0 Å². The first-order valence-electron chi connectivity index (χ1n) is 6.88. The second-order valence-corrected chi connectivity index (χ2v) is 8.60. The van der Waals surface area contributed by atoms with Crippen LogP contribution in [-0.2, 0) is 0 Å². The van der Waals surface area contributed by atoms with E-state index >= 15 is 0 Å². The van der Waals surface area contributed by atoms with Crippen molar-refractivity contribution >= 4 is 40.9 Å². The van der Waals surface area contributed by atoms with Crippen molar-refractivity contribution in [1.29, 1.82) is 0 Å². The molecule has 0 fully saturated rings. The Hall–Kier alpha value is -1.56. The molecule has 0 atom stereocenters. The fourth-order valence-electron chi connectivity index (χ4n) is 2.61. The Morgan fingerprint density at radius 2 is 0.810 bits per heavy atom. The Kier molecular flexibility index (Phi) is 4.43. The molecule has 0 aliphatic heterocycles. The van der Waals surface area contributed by atoms with Crippen LogP contribution in [0.5, 0.6) is 0 Å². The Morgan fingerprint density at radius 1 is 0.524 bits per heavy atom. The van der Waals surface area contributed by atoms with Crippen molar-refractivity contribution in [3.63, 3.8) is 0 Å². The second-order valence-electron chi connectivity index (χ2n) is 4.83. The highest BCUT2D eigenvalue weighted by Gasteiger charge is 2.33. The minimum atomic E-state index is -1.89. The fraction of sp³-hybridized carbons (Fsp3) is 0. The third-order valence-electron chi connectivity index (χ3n) is 3.64. The maximum atomic E-state index is 6.45. The zero-order valence-electron chi connectivity index (χ0n) is 11.6. The quantitative estimate of drug-likeness (QED) is 0.508. The van der Waals surface area contributed by atoms with E-state index in [1.165, 1.54) is 15.9 Å². The number of rotatable bonds is 4. The molecule has 0 spiro atoms. The lowest BCUT2D eigenvalue weighted by atomic mass is 10.3. The first-order chi connectivity index (χ1) is 10.4. The van der Waals surface area contributed by atoms with Gasteiger partial charge in [0.1, 0.15) is 0 Å². The molecule has 0 bridgehead atoms. The molecule has 0 saturated heterocycles. The lowest BCUT2D eigenvalue weighted by Crippen LogP contribution is -2.33. The Morgan fingerprint density at radius 3 is 1.05 bits per heavy atom.